The molecule has 3 rings (SSSR count). The van der Waals surface area contributed by atoms with E-state index in [-0.39, 0.29) is 12.2 Å². The number of imidazole rings is 1. The molecular formula is C13H13N3O2S. The third-order valence-electron chi connectivity index (χ3n) is 2.82. The van der Waals surface area contributed by atoms with Crippen LogP contribution in [0.15, 0.2) is 47.9 Å². The molecule has 1 N–H and O–H groups in total. The van der Waals surface area contributed by atoms with E-state index in [1.54, 1.807) is 29.1 Å². The number of para-hydroxylation sites is 1. The summed E-state index contributed by atoms with van der Waals surface area (Å²) in [4.78, 5) is 20.6. The second kappa shape index (κ2) is 5.36. The molecule has 6 heteroatoms. The minimum absolute atomic E-state index is 0.109. The summed E-state index contributed by atoms with van der Waals surface area (Å²) in [5, 5.41) is 0.842. The first kappa shape index (κ1) is 12.1. The third-order valence-corrected chi connectivity index (χ3v) is 3.86. The average molecular weight is 275 g/mol. The maximum atomic E-state index is 11.8. The van der Waals surface area contributed by atoms with Gasteiger partial charge in [-0.15, -0.1) is 0 Å². The fourth-order valence-electron chi connectivity index (χ4n) is 1.93. The average Bonchev–Trinajstić information content (AvgIpc) is 3.07. The number of nitrogens with one attached hydrogen (secondary N) is 1. The van der Waals surface area contributed by atoms with Crippen LogP contribution in [0.25, 0.3) is 0 Å². The topological polar surface area (TPSA) is 58.2 Å². The van der Waals surface area contributed by atoms with E-state index < -0.39 is 0 Å². The number of nitrogens with zero attached hydrogens (tertiary/aromatic N) is 2. The number of aromatic nitrogens is 2. The maximum absolute atomic E-state index is 11.8. The molecule has 1 amide bonds. The van der Waals surface area contributed by atoms with Crippen molar-refractivity contribution in [3.63, 3.8) is 0 Å². The van der Waals surface area contributed by atoms with E-state index in [4.69, 9.17) is 4.74 Å². The van der Waals surface area contributed by atoms with Crippen molar-refractivity contribution in [2.75, 3.05) is 17.2 Å². The maximum Gasteiger partial charge on any atom is 0.414 e. The molecule has 0 spiro atoms. The summed E-state index contributed by atoms with van der Waals surface area (Å²) >= 11 is 1.55. The largest absolute Gasteiger partial charge is 0.443 e. The van der Waals surface area contributed by atoms with Crippen molar-refractivity contribution < 1.29 is 9.53 Å². The SMILES string of the molecule is O=C1O[C@@H](CSc2ncc[nH]2)CN1c1ccccc1. The van der Waals surface area contributed by atoms with E-state index >= 15 is 0 Å². The summed E-state index contributed by atoms with van der Waals surface area (Å²) in [7, 11) is 0. The standard InChI is InChI=1S/C13H13N3O2S/c17-13-16(10-4-2-1-3-5-10)8-11(18-13)9-19-12-14-6-7-15-12/h1-7,11H,8-9H2,(H,14,15)/t11-/m1/s1. The van der Waals surface area contributed by atoms with Crippen LogP contribution in [0.4, 0.5) is 10.5 Å². The number of thioether (sulfide) groups is 1. The zero-order valence-electron chi connectivity index (χ0n) is 10.2. The Hall–Kier alpha value is -1.95. The van der Waals surface area contributed by atoms with Gasteiger partial charge in [-0.3, -0.25) is 4.90 Å². The van der Waals surface area contributed by atoms with Gasteiger partial charge in [0.05, 0.1) is 6.54 Å². The van der Waals surface area contributed by atoms with Gasteiger partial charge in [0.15, 0.2) is 5.16 Å². The first-order valence-electron chi connectivity index (χ1n) is 5.98. The number of anilines is 1. The highest BCUT2D eigenvalue weighted by molar-refractivity contribution is 7.99. The Morgan fingerprint density at radius 1 is 1.42 bits per heavy atom. The number of cyclic esters (lactones) is 1. The van der Waals surface area contributed by atoms with E-state index in [9.17, 15) is 4.79 Å². The molecule has 2 heterocycles. The minimum Gasteiger partial charge on any atom is -0.443 e. The number of aromatic amines is 1. The summed E-state index contributed by atoms with van der Waals surface area (Å²) in [5.74, 6) is 0.697. The van der Waals surface area contributed by atoms with Crippen LogP contribution < -0.4 is 4.90 Å². The Morgan fingerprint density at radius 2 is 2.26 bits per heavy atom. The molecular weight excluding hydrogens is 262 g/mol. The van der Waals surface area contributed by atoms with Gasteiger partial charge in [-0.05, 0) is 12.1 Å². The molecule has 1 aliphatic heterocycles. The van der Waals surface area contributed by atoms with Crippen LogP contribution in [-0.2, 0) is 4.74 Å². The number of carbonyl (C=O) groups excluding carboxylic acids is 1. The van der Waals surface area contributed by atoms with Crippen LogP contribution in [0.2, 0.25) is 0 Å². The summed E-state index contributed by atoms with van der Waals surface area (Å²) in [5.41, 5.74) is 0.873. The molecule has 0 aliphatic carbocycles. The van der Waals surface area contributed by atoms with Crippen molar-refractivity contribution in [2.24, 2.45) is 0 Å². The second-order valence-corrected chi connectivity index (χ2v) is 5.17. The Kier molecular flexibility index (Phi) is 3.41. The highest BCUT2D eigenvalue weighted by Gasteiger charge is 2.32. The van der Waals surface area contributed by atoms with Crippen LogP contribution >= 0.6 is 11.8 Å². The smallest absolute Gasteiger partial charge is 0.414 e. The molecule has 1 saturated heterocycles. The lowest BCUT2D eigenvalue weighted by molar-refractivity contribution is 0.151. The van der Waals surface area contributed by atoms with E-state index in [1.807, 2.05) is 30.3 Å². The van der Waals surface area contributed by atoms with E-state index in [2.05, 4.69) is 9.97 Å². The molecule has 0 bridgehead atoms. The molecule has 1 aliphatic rings. The van der Waals surface area contributed by atoms with Gasteiger partial charge in [0.1, 0.15) is 6.10 Å². The number of H-pyrrole nitrogens is 1. The van der Waals surface area contributed by atoms with Gasteiger partial charge in [-0.1, -0.05) is 30.0 Å². The summed E-state index contributed by atoms with van der Waals surface area (Å²) < 4.78 is 5.35. The molecule has 0 unspecified atom stereocenters. The molecule has 19 heavy (non-hydrogen) atoms. The summed E-state index contributed by atoms with van der Waals surface area (Å²) in [6.07, 6.45) is 3.09. The number of hydrogen-bond acceptors (Lipinski definition) is 4. The molecule has 1 aromatic carbocycles. The molecule has 0 radical (unpaired) electrons. The first-order valence-corrected chi connectivity index (χ1v) is 6.97. The molecule has 5 nitrogen and oxygen atoms in total. The van der Waals surface area contributed by atoms with Gasteiger partial charge >= 0.3 is 6.09 Å². The lowest BCUT2D eigenvalue weighted by Crippen LogP contribution is -2.24. The zero-order valence-corrected chi connectivity index (χ0v) is 11.0. The number of hydrogen-bond donors (Lipinski definition) is 1. The highest BCUT2D eigenvalue weighted by atomic mass is 32.2. The van der Waals surface area contributed by atoms with Gasteiger partial charge in [0.2, 0.25) is 0 Å². The molecule has 1 fully saturated rings. The number of amides is 1. The number of carbonyl (C=O) groups is 1. The van der Waals surface area contributed by atoms with Crippen molar-refractivity contribution in [2.45, 2.75) is 11.3 Å². The van der Waals surface area contributed by atoms with Crippen LogP contribution in [0.5, 0.6) is 0 Å². The normalized spacial score (nSPS) is 18.6. The summed E-state index contributed by atoms with van der Waals surface area (Å²) in [6.45, 7) is 0.580. The van der Waals surface area contributed by atoms with Crippen molar-refractivity contribution >= 4 is 23.5 Å². The lowest BCUT2D eigenvalue weighted by Gasteiger charge is -2.12. The van der Waals surface area contributed by atoms with Crippen LogP contribution in [0.3, 0.4) is 0 Å². The van der Waals surface area contributed by atoms with Crippen molar-refractivity contribution in [3.8, 4) is 0 Å². The summed E-state index contributed by atoms with van der Waals surface area (Å²) in [6, 6.07) is 9.56. The van der Waals surface area contributed by atoms with Gasteiger partial charge in [-0.25, -0.2) is 9.78 Å². The van der Waals surface area contributed by atoms with Crippen molar-refractivity contribution in [1.29, 1.82) is 0 Å². The lowest BCUT2D eigenvalue weighted by atomic mass is 10.3. The molecule has 2 aromatic rings. The minimum atomic E-state index is -0.281. The van der Waals surface area contributed by atoms with Gasteiger partial charge in [0.25, 0.3) is 0 Å². The van der Waals surface area contributed by atoms with Crippen molar-refractivity contribution in [3.05, 3.63) is 42.7 Å². The highest BCUT2D eigenvalue weighted by Crippen LogP contribution is 2.24. The Bertz CT molecular complexity index is 544. The van der Waals surface area contributed by atoms with Crippen LogP contribution in [0.1, 0.15) is 0 Å². The van der Waals surface area contributed by atoms with Crippen molar-refractivity contribution in [1.82, 2.24) is 9.97 Å². The van der Waals surface area contributed by atoms with Crippen LogP contribution in [0, 0.1) is 0 Å². The van der Waals surface area contributed by atoms with Gasteiger partial charge in [-0.2, -0.15) is 0 Å². The quantitative estimate of drug-likeness (QED) is 0.871. The molecule has 1 atom stereocenters. The molecule has 0 saturated carbocycles. The fraction of sp³-hybridized carbons (Fsp3) is 0.231. The predicted molar refractivity (Wildman–Crippen MR) is 73.4 cm³/mol. The fourth-order valence-corrected chi connectivity index (χ4v) is 2.73. The number of benzene rings is 1. The predicted octanol–water partition coefficient (Wildman–Crippen LogP) is 2.53. The van der Waals surface area contributed by atoms with E-state index in [0.29, 0.717) is 12.3 Å². The van der Waals surface area contributed by atoms with Crippen LogP contribution in [-0.4, -0.2) is 34.5 Å². The zero-order chi connectivity index (χ0) is 13.1. The molecule has 98 valence electrons. The Balaban J connectivity index is 1.61. The second-order valence-electron chi connectivity index (χ2n) is 4.16. The van der Waals surface area contributed by atoms with E-state index in [0.717, 1.165) is 10.8 Å². The number of ether oxygens (including phenoxy) is 1. The van der Waals surface area contributed by atoms with Gasteiger partial charge < -0.3 is 9.72 Å². The monoisotopic (exact) mass is 275 g/mol. The van der Waals surface area contributed by atoms with Gasteiger partial charge in [0, 0.05) is 23.8 Å². The first-order chi connectivity index (χ1) is 9.33. The third kappa shape index (κ3) is 2.73. The number of rotatable bonds is 4. The Labute approximate surface area is 115 Å². The van der Waals surface area contributed by atoms with E-state index in [1.165, 1.54) is 0 Å². The Morgan fingerprint density at radius 3 is 3.00 bits per heavy atom. The molecule has 1 aromatic heterocycles.